The second-order valence-electron chi connectivity index (χ2n) is 8.56. The van der Waals surface area contributed by atoms with Gasteiger partial charge in [-0.05, 0) is 55.0 Å². The summed E-state index contributed by atoms with van der Waals surface area (Å²) in [5, 5.41) is 15.4. The predicted octanol–water partition coefficient (Wildman–Crippen LogP) is 3.75. The number of carbonyl (C=O) groups is 1. The second-order valence-corrected chi connectivity index (χ2v) is 11.5. The number of carbonyl (C=O) groups excluding carboxylic acids is 1. The first-order valence-electron chi connectivity index (χ1n) is 11.8. The number of methoxy groups -OCH3 is 1. The van der Waals surface area contributed by atoms with Crippen molar-refractivity contribution in [2.24, 2.45) is 5.10 Å². The maximum atomic E-state index is 13.6. The predicted molar refractivity (Wildman–Crippen MR) is 149 cm³/mol. The van der Waals surface area contributed by atoms with Crippen LogP contribution in [0.4, 0.5) is 11.4 Å². The first-order valence-corrected chi connectivity index (χ1v) is 14.3. The molecule has 204 valence electrons. The Balaban J connectivity index is 1.54. The van der Waals surface area contributed by atoms with Crippen molar-refractivity contribution < 1.29 is 27.6 Å². The monoisotopic (exact) mass is 570 g/mol. The quantitative estimate of drug-likeness (QED) is 0.209. The Hall–Kier alpha value is -4.10. The summed E-state index contributed by atoms with van der Waals surface area (Å²) >= 11 is 1.81. The third kappa shape index (κ3) is 6.86. The fraction of sp³-hybridized carbons (Fsp3) is 0.231. The topological polar surface area (TPSA) is 140 Å². The van der Waals surface area contributed by atoms with Crippen LogP contribution in [-0.2, 0) is 14.8 Å². The minimum Gasteiger partial charge on any atom is -0.497 e. The van der Waals surface area contributed by atoms with Crippen molar-refractivity contribution in [1.82, 2.24) is 5.43 Å². The first kappa shape index (κ1) is 27.9. The van der Waals surface area contributed by atoms with Crippen molar-refractivity contribution in [1.29, 1.82) is 0 Å². The highest BCUT2D eigenvalue weighted by atomic mass is 32.2. The van der Waals surface area contributed by atoms with E-state index < -0.39 is 27.4 Å². The number of anilines is 1. The Kier molecular flexibility index (Phi) is 8.72. The number of nitrogens with zero attached hydrogens (tertiary/aromatic N) is 3. The van der Waals surface area contributed by atoms with Crippen molar-refractivity contribution >= 4 is 45.3 Å². The molecule has 39 heavy (non-hydrogen) atoms. The number of nitrogens with one attached hydrogen (secondary N) is 1. The Morgan fingerprint density at radius 2 is 1.90 bits per heavy atom. The van der Waals surface area contributed by atoms with Gasteiger partial charge < -0.3 is 9.47 Å². The van der Waals surface area contributed by atoms with Crippen LogP contribution in [0, 0.1) is 17.0 Å². The Labute approximate surface area is 230 Å². The molecule has 1 fully saturated rings. The number of hydrogen-bond acceptors (Lipinski definition) is 9. The number of nitro groups is 1. The average molecular weight is 571 g/mol. The fourth-order valence-corrected chi connectivity index (χ4v) is 5.63. The summed E-state index contributed by atoms with van der Waals surface area (Å²) in [6, 6.07) is 16.9. The lowest BCUT2D eigenvalue weighted by molar-refractivity contribution is -0.385. The summed E-state index contributed by atoms with van der Waals surface area (Å²) in [7, 11) is -2.91. The molecular weight excluding hydrogens is 544 g/mol. The molecule has 4 rings (SSSR count). The molecule has 1 aliphatic heterocycles. The molecule has 1 heterocycles. The number of amides is 1. The van der Waals surface area contributed by atoms with E-state index in [0.717, 1.165) is 21.9 Å². The summed E-state index contributed by atoms with van der Waals surface area (Å²) in [6.07, 6.45) is 1.61. The van der Waals surface area contributed by atoms with Crippen molar-refractivity contribution in [3.05, 3.63) is 88.0 Å². The molecular formula is C26H26N4O7S2. The van der Waals surface area contributed by atoms with E-state index in [1.165, 1.54) is 44.5 Å². The molecule has 0 aliphatic carbocycles. The molecule has 13 heteroatoms. The molecule has 0 unspecified atom stereocenters. The molecule has 3 aromatic carbocycles. The number of rotatable bonds is 11. The minimum absolute atomic E-state index is 0.164. The smallest absolute Gasteiger partial charge is 0.273 e. The zero-order chi connectivity index (χ0) is 28.0. The summed E-state index contributed by atoms with van der Waals surface area (Å²) in [5.41, 5.74) is 3.16. The van der Waals surface area contributed by atoms with Gasteiger partial charge in [-0.1, -0.05) is 18.2 Å². The van der Waals surface area contributed by atoms with Crippen molar-refractivity contribution in [3.63, 3.8) is 0 Å². The summed E-state index contributed by atoms with van der Waals surface area (Å²) < 4.78 is 39.0. The zero-order valence-corrected chi connectivity index (χ0v) is 22.8. The highest BCUT2D eigenvalue weighted by molar-refractivity contribution is 8.00. The second kappa shape index (κ2) is 12.2. The molecule has 0 bridgehead atoms. The number of benzene rings is 3. The first-order chi connectivity index (χ1) is 18.7. The van der Waals surface area contributed by atoms with E-state index in [0.29, 0.717) is 22.6 Å². The van der Waals surface area contributed by atoms with Gasteiger partial charge in [-0.25, -0.2) is 13.8 Å². The molecule has 11 nitrogen and oxygen atoms in total. The van der Waals surface area contributed by atoms with E-state index in [1.807, 2.05) is 23.9 Å². The summed E-state index contributed by atoms with van der Waals surface area (Å²) in [5.74, 6) is 2.35. The highest BCUT2D eigenvalue weighted by Crippen LogP contribution is 2.29. The molecule has 1 amide bonds. The average Bonchev–Trinajstić information content (AvgIpc) is 2.89. The van der Waals surface area contributed by atoms with Crippen LogP contribution in [0.1, 0.15) is 11.1 Å². The largest absolute Gasteiger partial charge is 0.497 e. The van der Waals surface area contributed by atoms with Gasteiger partial charge in [-0.2, -0.15) is 16.9 Å². The normalized spacial score (nSPS) is 13.5. The zero-order valence-electron chi connectivity index (χ0n) is 21.1. The fourth-order valence-electron chi connectivity index (χ4n) is 3.62. The van der Waals surface area contributed by atoms with Gasteiger partial charge in [0, 0.05) is 23.1 Å². The van der Waals surface area contributed by atoms with Crippen LogP contribution in [0.3, 0.4) is 0 Å². The number of aryl methyl sites for hydroxylation is 1. The van der Waals surface area contributed by atoms with Crippen molar-refractivity contribution in [3.8, 4) is 11.5 Å². The van der Waals surface area contributed by atoms with Crippen LogP contribution in [-0.4, -0.2) is 56.7 Å². The van der Waals surface area contributed by atoms with Gasteiger partial charge in [0.2, 0.25) is 0 Å². The third-order valence-electron chi connectivity index (χ3n) is 5.78. The maximum Gasteiger partial charge on any atom is 0.273 e. The van der Waals surface area contributed by atoms with Gasteiger partial charge in [-0.15, -0.1) is 0 Å². The van der Waals surface area contributed by atoms with E-state index in [2.05, 4.69) is 10.5 Å². The number of hydrogen-bond donors (Lipinski definition) is 1. The molecule has 3 aromatic rings. The molecule has 0 saturated carbocycles. The van der Waals surface area contributed by atoms with Gasteiger partial charge in [0.15, 0.2) is 0 Å². The van der Waals surface area contributed by atoms with Crippen molar-refractivity contribution in [2.75, 3.05) is 29.5 Å². The standard InChI is InChI=1S/C26H26N4O7S2/c1-18-6-11-24(13-25(18)30(32)33)39(34,35)29(20-7-9-21(36-2)10-8-20)15-26(31)28-27-14-19-4-3-5-22(12-19)37-23-16-38-17-23/h3-14,23H,15-17H2,1-2H3,(H,28,31)/b27-14-. The lowest BCUT2D eigenvalue weighted by Gasteiger charge is -2.25. The van der Waals surface area contributed by atoms with E-state index in [1.54, 1.807) is 24.3 Å². The van der Waals surface area contributed by atoms with Gasteiger partial charge in [0.25, 0.3) is 21.6 Å². The van der Waals surface area contributed by atoms with Gasteiger partial charge in [-0.3, -0.25) is 19.2 Å². The van der Waals surface area contributed by atoms with E-state index in [4.69, 9.17) is 9.47 Å². The van der Waals surface area contributed by atoms with Gasteiger partial charge >= 0.3 is 0 Å². The van der Waals surface area contributed by atoms with E-state index in [-0.39, 0.29) is 22.4 Å². The number of thioether (sulfide) groups is 1. The van der Waals surface area contributed by atoms with E-state index >= 15 is 0 Å². The van der Waals surface area contributed by atoms with Crippen LogP contribution in [0.15, 0.2) is 76.7 Å². The number of ether oxygens (including phenoxy) is 2. The lowest BCUT2D eigenvalue weighted by atomic mass is 10.2. The third-order valence-corrected chi connectivity index (χ3v) is 8.77. The Morgan fingerprint density at radius 1 is 1.15 bits per heavy atom. The molecule has 1 saturated heterocycles. The molecule has 0 atom stereocenters. The minimum atomic E-state index is -4.38. The van der Waals surface area contributed by atoms with Crippen LogP contribution < -0.4 is 19.2 Å². The number of nitro benzene ring substituents is 1. The summed E-state index contributed by atoms with van der Waals surface area (Å²) in [4.78, 5) is 23.2. The molecule has 0 aromatic heterocycles. The Morgan fingerprint density at radius 3 is 2.54 bits per heavy atom. The highest BCUT2D eigenvalue weighted by Gasteiger charge is 2.29. The van der Waals surface area contributed by atoms with Crippen LogP contribution in [0.5, 0.6) is 11.5 Å². The molecule has 1 aliphatic rings. The molecule has 0 radical (unpaired) electrons. The van der Waals surface area contributed by atoms with Gasteiger partial charge in [0.1, 0.15) is 24.1 Å². The van der Waals surface area contributed by atoms with E-state index in [9.17, 15) is 23.3 Å². The molecule has 0 spiro atoms. The van der Waals surface area contributed by atoms with Crippen molar-refractivity contribution in [2.45, 2.75) is 17.9 Å². The van der Waals surface area contributed by atoms with Crippen LogP contribution >= 0.6 is 11.8 Å². The SMILES string of the molecule is COc1ccc(N(CC(=O)N/N=C\c2cccc(OC3CSC3)c2)S(=O)(=O)c2ccc(C)c([N+](=O)[O-])c2)cc1. The Bertz CT molecular complexity index is 1490. The molecule has 1 N–H and O–H groups in total. The summed E-state index contributed by atoms with van der Waals surface area (Å²) in [6.45, 7) is 0.881. The number of sulfonamides is 1. The lowest BCUT2D eigenvalue weighted by Crippen LogP contribution is -2.39. The number of hydrazone groups is 1. The van der Waals surface area contributed by atoms with Crippen LogP contribution in [0.25, 0.3) is 0 Å². The maximum absolute atomic E-state index is 13.6. The van der Waals surface area contributed by atoms with Crippen LogP contribution in [0.2, 0.25) is 0 Å². The van der Waals surface area contributed by atoms with Gasteiger partial charge in [0.05, 0.1) is 28.8 Å².